The number of hydrogen-bond donors (Lipinski definition) is 4. The molecule has 1 aromatic carbocycles. The second-order valence-corrected chi connectivity index (χ2v) is 3.82. The molecule has 2 rings (SSSR count). The molecule has 1 aromatic rings. The summed E-state index contributed by atoms with van der Waals surface area (Å²) in [7, 11) is 0. The maximum absolute atomic E-state index is 9.59. The van der Waals surface area contributed by atoms with E-state index in [2.05, 4.69) is 0 Å². The van der Waals surface area contributed by atoms with Crippen molar-refractivity contribution in [2.75, 3.05) is 5.73 Å². The molecule has 0 aromatic heterocycles. The van der Waals surface area contributed by atoms with Gasteiger partial charge in [0.25, 0.3) is 0 Å². The minimum Gasteiger partial charge on any atom is -0.506 e. The predicted molar refractivity (Wildman–Crippen MR) is 63.6 cm³/mol. The van der Waals surface area contributed by atoms with Crippen molar-refractivity contribution in [3.63, 3.8) is 0 Å². The smallest absolute Gasteiger partial charge is 0.139 e. The first-order valence-electron chi connectivity index (χ1n) is 5.00. The van der Waals surface area contributed by atoms with Gasteiger partial charge in [-0.3, -0.25) is 0 Å². The molecule has 2 atom stereocenters. The first-order chi connectivity index (χ1) is 7.58. The lowest BCUT2D eigenvalue weighted by Gasteiger charge is -2.18. The standard InChI is InChI=1S/C12H14N2O2/c13-9-3-1-7(5-11(9)15)8-2-4-10(14)12(16)6-8/h1-6,9,11,15-16H,13-14H2. The summed E-state index contributed by atoms with van der Waals surface area (Å²) in [5.74, 6) is 0.0381. The van der Waals surface area contributed by atoms with E-state index in [4.69, 9.17) is 11.5 Å². The molecule has 0 aliphatic heterocycles. The van der Waals surface area contributed by atoms with Gasteiger partial charge in [0.05, 0.1) is 17.8 Å². The number of phenols is 1. The zero-order valence-electron chi connectivity index (χ0n) is 8.67. The van der Waals surface area contributed by atoms with Crippen molar-refractivity contribution in [3.05, 3.63) is 42.0 Å². The molecular formula is C12H14N2O2. The van der Waals surface area contributed by atoms with Crippen LogP contribution in [0.4, 0.5) is 5.69 Å². The second-order valence-electron chi connectivity index (χ2n) is 3.82. The van der Waals surface area contributed by atoms with E-state index in [-0.39, 0.29) is 11.8 Å². The topological polar surface area (TPSA) is 92.5 Å². The van der Waals surface area contributed by atoms with Crippen LogP contribution in [0, 0.1) is 0 Å². The van der Waals surface area contributed by atoms with Crippen LogP contribution in [0.15, 0.2) is 36.4 Å². The first-order valence-corrected chi connectivity index (χ1v) is 5.00. The molecule has 1 aliphatic rings. The number of rotatable bonds is 1. The Hall–Kier alpha value is -1.78. The van der Waals surface area contributed by atoms with Gasteiger partial charge in [-0.05, 0) is 29.3 Å². The maximum atomic E-state index is 9.59. The zero-order valence-corrected chi connectivity index (χ0v) is 8.67. The Morgan fingerprint density at radius 3 is 2.62 bits per heavy atom. The van der Waals surface area contributed by atoms with Crippen LogP contribution in [0.1, 0.15) is 5.56 Å². The van der Waals surface area contributed by atoms with Gasteiger partial charge in [0.2, 0.25) is 0 Å². The van der Waals surface area contributed by atoms with E-state index in [9.17, 15) is 10.2 Å². The number of allylic oxidation sites excluding steroid dienone is 2. The number of anilines is 1. The molecule has 0 saturated heterocycles. The van der Waals surface area contributed by atoms with Gasteiger partial charge in [0.15, 0.2) is 0 Å². The fraction of sp³-hybridized carbons (Fsp3) is 0.167. The van der Waals surface area contributed by atoms with Crippen LogP contribution >= 0.6 is 0 Å². The van der Waals surface area contributed by atoms with Gasteiger partial charge in [-0.15, -0.1) is 0 Å². The summed E-state index contributed by atoms with van der Waals surface area (Å²) in [5.41, 5.74) is 13.1. The lowest BCUT2D eigenvalue weighted by molar-refractivity contribution is 0.207. The van der Waals surface area contributed by atoms with E-state index >= 15 is 0 Å². The van der Waals surface area contributed by atoms with Crippen molar-refractivity contribution < 1.29 is 10.2 Å². The molecule has 0 amide bonds. The molecule has 4 nitrogen and oxygen atoms in total. The van der Waals surface area contributed by atoms with Gasteiger partial charge in [-0.2, -0.15) is 0 Å². The summed E-state index contributed by atoms with van der Waals surface area (Å²) >= 11 is 0. The highest BCUT2D eigenvalue weighted by molar-refractivity contribution is 5.78. The molecule has 4 heteroatoms. The summed E-state index contributed by atoms with van der Waals surface area (Å²) in [6.45, 7) is 0. The van der Waals surface area contributed by atoms with Gasteiger partial charge in [-0.1, -0.05) is 18.2 Å². The Kier molecular flexibility index (Phi) is 2.68. The highest BCUT2D eigenvalue weighted by Gasteiger charge is 2.15. The van der Waals surface area contributed by atoms with Gasteiger partial charge >= 0.3 is 0 Å². The zero-order chi connectivity index (χ0) is 11.7. The van der Waals surface area contributed by atoms with Gasteiger partial charge in [-0.25, -0.2) is 0 Å². The minimum absolute atomic E-state index is 0.0381. The Morgan fingerprint density at radius 2 is 2.00 bits per heavy atom. The van der Waals surface area contributed by atoms with E-state index in [1.54, 1.807) is 30.4 Å². The Labute approximate surface area is 93.5 Å². The molecule has 1 aliphatic carbocycles. The fourth-order valence-electron chi connectivity index (χ4n) is 1.59. The first kappa shape index (κ1) is 10.7. The third-order valence-corrected chi connectivity index (χ3v) is 2.61. The molecule has 0 fully saturated rings. The lowest BCUT2D eigenvalue weighted by atomic mass is 9.95. The van der Waals surface area contributed by atoms with E-state index in [0.29, 0.717) is 5.69 Å². The minimum atomic E-state index is -0.695. The summed E-state index contributed by atoms with van der Waals surface area (Å²) in [6.07, 6.45) is 4.52. The number of nitrogen functional groups attached to an aromatic ring is 1. The molecule has 84 valence electrons. The van der Waals surface area contributed by atoms with E-state index in [1.165, 1.54) is 0 Å². The van der Waals surface area contributed by atoms with Crippen LogP contribution in [-0.2, 0) is 0 Å². The summed E-state index contributed by atoms with van der Waals surface area (Å²) in [4.78, 5) is 0. The van der Waals surface area contributed by atoms with Crippen LogP contribution in [0.3, 0.4) is 0 Å². The van der Waals surface area contributed by atoms with Crippen molar-refractivity contribution in [3.8, 4) is 5.75 Å². The van der Waals surface area contributed by atoms with Gasteiger partial charge in [0, 0.05) is 0 Å². The Bertz CT molecular complexity index is 466. The van der Waals surface area contributed by atoms with Gasteiger partial charge in [0.1, 0.15) is 5.75 Å². The number of aliphatic hydroxyl groups is 1. The molecular weight excluding hydrogens is 204 g/mol. The SMILES string of the molecule is Nc1ccc(C2=CC(O)C(N)C=C2)cc1O. The van der Waals surface area contributed by atoms with Crippen molar-refractivity contribution in [2.24, 2.45) is 5.73 Å². The number of nitrogens with two attached hydrogens (primary N) is 2. The van der Waals surface area contributed by atoms with Crippen LogP contribution < -0.4 is 11.5 Å². The van der Waals surface area contributed by atoms with Crippen molar-refractivity contribution in [2.45, 2.75) is 12.1 Å². The Balaban J connectivity index is 2.35. The van der Waals surface area contributed by atoms with Crippen molar-refractivity contribution >= 4 is 11.3 Å². The molecule has 6 N–H and O–H groups in total. The number of hydrogen-bond acceptors (Lipinski definition) is 4. The second kappa shape index (κ2) is 4.00. The molecule has 0 spiro atoms. The van der Waals surface area contributed by atoms with Gasteiger partial charge < -0.3 is 21.7 Å². The van der Waals surface area contributed by atoms with Crippen molar-refractivity contribution in [1.82, 2.24) is 0 Å². The molecule has 16 heavy (non-hydrogen) atoms. The predicted octanol–water partition coefficient (Wildman–Crippen LogP) is 0.616. The average Bonchev–Trinajstić information content (AvgIpc) is 2.26. The normalized spacial score (nSPS) is 24.2. The van der Waals surface area contributed by atoms with Crippen LogP contribution in [0.5, 0.6) is 5.75 Å². The summed E-state index contributed by atoms with van der Waals surface area (Å²) in [5, 5.41) is 19.1. The third-order valence-electron chi connectivity index (χ3n) is 2.61. The average molecular weight is 218 g/mol. The molecule has 0 radical (unpaired) electrons. The number of benzene rings is 1. The molecule has 0 saturated carbocycles. The molecule has 2 unspecified atom stereocenters. The number of aromatic hydroxyl groups is 1. The fourth-order valence-corrected chi connectivity index (χ4v) is 1.59. The third kappa shape index (κ3) is 1.93. The molecule has 0 bridgehead atoms. The van der Waals surface area contributed by atoms with Crippen molar-refractivity contribution in [1.29, 1.82) is 0 Å². The summed E-state index contributed by atoms with van der Waals surface area (Å²) in [6, 6.07) is 4.61. The van der Waals surface area contributed by atoms with E-state index in [0.717, 1.165) is 11.1 Å². The monoisotopic (exact) mass is 218 g/mol. The number of phenolic OH excluding ortho intramolecular Hbond substituents is 1. The summed E-state index contributed by atoms with van der Waals surface area (Å²) < 4.78 is 0. The highest BCUT2D eigenvalue weighted by atomic mass is 16.3. The molecule has 0 heterocycles. The van der Waals surface area contributed by atoms with E-state index in [1.807, 2.05) is 6.08 Å². The lowest BCUT2D eigenvalue weighted by Crippen LogP contribution is -2.32. The van der Waals surface area contributed by atoms with Crippen LogP contribution in [0.2, 0.25) is 0 Å². The quantitative estimate of drug-likeness (QED) is 0.410. The van der Waals surface area contributed by atoms with E-state index < -0.39 is 6.10 Å². The Morgan fingerprint density at radius 1 is 1.25 bits per heavy atom. The maximum Gasteiger partial charge on any atom is 0.139 e. The van der Waals surface area contributed by atoms with Crippen LogP contribution in [-0.4, -0.2) is 22.4 Å². The highest BCUT2D eigenvalue weighted by Crippen LogP contribution is 2.27. The number of aliphatic hydroxyl groups excluding tert-OH is 1. The van der Waals surface area contributed by atoms with Crippen LogP contribution in [0.25, 0.3) is 5.57 Å². The largest absolute Gasteiger partial charge is 0.506 e.